The molecule has 3 heterocycles. The van der Waals surface area contributed by atoms with Crippen molar-refractivity contribution >= 4 is 12.0 Å². The van der Waals surface area contributed by atoms with Crippen LogP contribution >= 0.6 is 0 Å². The number of piperidine rings is 1. The Bertz CT molecular complexity index is 771. The van der Waals surface area contributed by atoms with Gasteiger partial charge in [0.2, 0.25) is 5.95 Å². The van der Waals surface area contributed by atoms with Gasteiger partial charge in [0.05, 0.1) is 0 Å². The van der Waals surface area contributed by atoms with Gasteiger partial charge in [-0.25, -0.2) is 14.8 Å². The highest BCUT2D eigenvalue weighted by atomic mass is 16.2. The van der Waals surface area contributed by atoms with Crippen LogP contribution < -0.4 is 10.2 Å². The Hall–Kier alpha value is -2.67. The Morgan fingerprint density at radius 1 is 0.966 bits per heavy atom. The molecule has 2 aromatic rings. The number of benzene rings is 1. The van der Waals surface area contributed by atoms with Crippen molar-refractivity contribution in [2.45, 2.75) is 31.8 Å². The maximum absolute atomic E-state index is 12.9. The number of nitrogens with one attached hydrogen (secondary N) is 1. The van der Waals surface area contributed by atoms with E-state index in [1.165, 1.54) is 5.56 Å². The van der Waals surface area contributed by atoms with Gasteiger partial charge in [-0.3, -0.25) is 4.90 Å². The van der Waals surface area contributed by atoms with Crippen LogP contribution in [-0.2, 0) is 6.54 Å². The summed E-state index contributed by atoms with van der Waals surface area (Å²) in [5.41, 5.74) is 1.33. The second-order valence-electron chi connectivity index (χ2n) is 7.89. The van der Waals surface area contributed by atoms with Gasteiger partial charge in [0.25, 0.3) is 0 Å². The Kier molecular flexibility index (Phi) is 6.56. The molecule has 154 valence electrons. The standard InChI is InChI=1S/C22H30N6O/c29-22(28-14-6-13-27(15-16-28)21-23-10-5-11-24-21)25-20-9-4-12-26(18-20)17-19-7-2-1-3-8-19/h1-3,5,7-8,10-11,20H,4,6,9,12-18H2,(H,25,29)/t20-/m1/s1. The molecular formula is C22H30N6O. The monoisotopic (exact) mass is 394 g/mol. The van der Waals surface area contributed by atoms with Crippen LogP contribution in [0.1, 0.15) is 24.8 Å². The third-order valence-electron chi connectivity index (χ3n) is 5.70. The minimum absolute atomic E-state index is 0.0624. The number of hydrogen-bond donors (Lipinski definition) is 1. The number of nitrogens with zero attached hydrogens (tertiary/aromatic N) is 5. The highest BCUT2D eigenvalue weighted by molar-refractivity contribution is 5.74. The van der Waals surface area contributed by atoms with E-state index in [4.69, 9.17) is 0 Å². The van der Waals surface area contributed by atoms with Crippen molar-refractivity contribution in [3.63, 3.8) is 0 Å². The second kappa shape index (κ2) is 9.69. The Labute approximate surface area is 172 Å². The van der Waals surface area contributed by atoms with E-state index in [9.17, 15) is 4.79 Å². The van der Waals surface area contributed by atoms with E-state index in [0.717, 1.165) is 64.5 Å². The minimum atomic E-state index is 0.0624. The van der Waals surface area contributed by atoms with Crippen molar-refractivity contribution < 1.29 is 4.79 Å². The molecule has 4 rings (SSSR count). The number of carbonyl (C=O) groups is 1. The van der Waals surface area contributed by atoms with E-state index >= 15 is 0 Å². The molecule has 1 atom stereocenters. The van der Waals surface area contributed by atoms with Gasteiger partial charge < -0.3 is 15.1 Å². The number of likely N-dealkylation sites (tertiary alicyclic amines) is 1. The van der Waals surface area contributed by atoms with Crippen molar-refractivity contribution in [1.82, 2.24) is 25.1 Å². The fraction of sp³-hybridized carbons (Fsp3) is 0.500. The van der Waals surface area contributed by atoms with Crippen molar-refractivity contribution in [3.8, 4) is 0 Å². The molecular weight excluding hydrogens is 364 g/mol. The Morgan fingerprint density at radius 3 is 2.62 bits per heavy atom. The number of amides is 2. The first-order valence-electron chi connectivity index (χ1n) is 10.6. The maximum atomic E-state index is 12.9. The number of hydrogen-bond acceptors (Lipinski definition) is 5. The van der Waals surface area contributed by atoms with Gasteiger partial charge >= 0.3 is 6.03 Å². The van der Waals surface area contributed by atoms with Crippen LogP contribution in [0.4, 0.5) is 10.7 Å². The lowest BCUT2D eigenvalue weighted by Crippen LogP contribution is -2.52. The van der Waals surface area contributed by atoms with Crippen molar-refractivity contribution in [1.29, 1.82) is 0 Å². The molecule has 0 radical (unpaired) electrons. The first-order chi connectivity index (χ1) is 14.3. The van der Waals surface area contributed by atoms with Gasteiger partial charge in [-0.2, -0.15) is 0 Å². The van der Waals surface area contributed by atoms with Crippen molar-refractivity contribution in [3.05, 3.63) is 54.4 Å². The normalized spacial score (nSPS) is 20.9. The molecule has 1 aromatic carbocycles. The lowest BCUT2D eigenvalue weighted by molar-refractivity contribution is 0.165. The van der Waals surface area contributed by atoms with Crippen LogP contribution in [0.15, 0.2) is 48.8 Å². The van der Waals surface area contributed by atoms with E-state index in [1.54, 1.807) is 12.4 Å². The highest BCUT2D eigenvalue weighted by Gasteiger charge is 2.25. The van der Waals surface area contributed by atoms with E-state index < -0.39 is 0 Å². The molecule has 0 unspecified atom stereocenters. The fourth-order valence-electron chi connectivity index (χ4n) is 4.20. The molecule has 1 aromatic heterocycles. The molecule has 2 amide bonds. The molecule has 2 saturated heterocycles. The molecule has 0 spiro atoms. The second-order valence-corrected chi connectivity index (χ2v) is 7.89. The third-order valence-corrected chi connectivity index (χ3v) is 5.70. The van der Waals surface area contributed by atoms with Crippen LogP contribution in [0.25, 0.3) is 0 Å². The first-order valence-corrected chi connectivity index (χ1v) is 10.6. The summed E-state index contributed by atoms with van der Waals surface area (Å²) in [4.78, 5) is 28.1. The molecule has 1 N–H and O–H groups in total. The number of rotatable bonds is 4. The number of aromatic nitrogens is 2. The third kappa shape index (κ3) is 5.44. The molecule has 0 aliphatic carbocycles. The number of anilines is 1. The van der Waals surface area contributed by atoms with Gasteiger partial charge in [0.1, 0.15) is 0 Å². The largest absolute Gasteiger partial charge is 0.339 e. The van der Waals surface area contributed by atoms with Crippen LogP contribution in [-0.4, -0.2) is 71.1 Å². The van der Waals surface area contributed by atoms with E-state index in [2.05, 4.69) is 55.4 Å². The lowest BCUT2D eigenvalue weighted by Gasteiger charge is -2.34. The first kappa shape index (κ1) is 19.6. The smallest absolute Gasteiger partial charge is 0.317 e. The van der Waals surface area contributed by atoms with Crippen LogP contribution in [0.2, 0.25) is 0 Å². The van der Waals surface area contributed by atoms with E-state index in [-0.39, 0.29) is 12.1 Å². The fourth-order valence-corrected chi connectivity index (χ4v) is 4.20. The summed E-state index contributed by atoms with van der Waals surface area (Å²) in [7, 11) is 0. The van der Waals surface area contributed by atoms with E-state index in [0.29, 0.717) is 6.54 Å². The van der Waals surface area contributed by atoms with Gasteiger partial charge in [0.15, 0.2) is 0 Å². The summed E-state index contributed by atoms with van der Waals surface area (Å²) in [5, 5.41) is 3.28. The molecule has 2 aliphatic heterocycles. The summed E-state index contributed by atoms with van der Waals surface area (Å²) >= 11 is 0. The minimum Gasteiger partial charge on any atom is -0.339 e. The zero-order valence-electron chi connectivity index (χ0n) is 16.9. The number of carbonyl (C=O) groups excluding carboxylic acids is 1. The zero-order chi connectivity index (χ0) is 19.9. The van der Waals surface area contributed by atoms with Gasteiger partial charge in [-0.05, 0) is 37.4 Å². The van der Waals surface area contributed by atoms with E-state index in [1.807, 2.05) is 11.0 Å². The van der Waals surface area contributed by atoms with Crippen LogP contribution in [0, 0.1) is 0 Å². The zero-order valence-corrected chi connectivity index (χ0v) is 16.9. The average Bonchev–Trinajstić information content (AvgIpc) is 3.02. The molecule has 0 saturated carbocycles. The van der Waals surface area contributed by atoms with Crippen molar-refractivity contribution in [2.75, 3.05) is 44.2 Å². The molecule has 2 fully saturated rings. The average molecular weight is 395 g/mol. The topological polar surface area (TPSA) is 64.6 Å². The SMILES string of the molecule is O=C(N[C@@H]1CCCN(Cc2ccccc2)C1)N1CCCN(c2ncccn2)CC1. The van der Waals surface area contributed by atoms with Crippen LogP contribution in [0.3, 0.4) is 0 Å². The summed E-state index contributed by atoms with van der Waals surface area (Å²) in [5.74, 6) is 0.749. The highest BCUT2D eigenvalue weighted by Crippen LogP contribution is 2.15. The molecule has 7 nitrogen and oxygen atoms in total. The van der Waals surface area contributed by atoms with Crippen LogP contribution in [0.5, 0.6) is 0 Å². The molecule has 0 bridgehead atoms. The summed E-state index contributed by atoms with van der Waals surface area (Å²) in [6.07, 6.45) is 6.63. The molecule has 7 heteroatoms. The van der Waals surface area contributed by atoms with Gasteiger partial charge in [0, 0.05) is 57.7 Å². The lowest BCUT2D eigenvalue weighted by atomic mass is 10.0. The summed E-state index contributed by atoms with van der Waals surface area (Å²) < 4.78 is 0. The quantitative estimate of drug-likeness (QED) is 0.863. The Balaban J connectivity index is 1.27. The predicted octanol–water partition coefficient (Wildman–Crippen LogP) is 2.36. The maximum Gasteiger partial charge on any atom is 0.317 e. The number of urea groups is 1. The van der Waals surface area contributed by atoms with Crippen molar-refractivity contribution in [2.24, 2.45) is 0 Å². The summed E-state index contributed by atoms with van der Waals surface area (Å²) in [6, 6.07) is 12.7. The van der Waals surface area contributed by atoms with Gasteiger partial charge in [-0.1, -0.05) is 30.3 Å². The Morgan fingerprint density at radius 2 is 1.79 bits per heavy atom. The summed E-state index contributed by atoms with van der Waals surface area (Å²) in [6.45, 7) is 6.07. The van der Waals surface area contributed by atoms with Gasteiger partial charge in [-0.15, -0.1) is 0 Å². The molecule has 29 heavy (non-hydrogen) atoms. The predicted molar refractivity (Wildman–Crippen MR) is 114 cm³/mol. The molecule has 2 aliphatic rings.